The molecule has 0 spiro atoms. The molecule has 0 saturated carbocycles. The van der Waals surface area contributed by atoms with Crippen molar-refractivity contribution < 1.29 is 6.53 Å². The molecule has 0 bridgehead atoms. The number of aliphatic hydroxyl groups is 1. The van der Waals surface area contributed by atoms with Crippen LogP contribution in [0, 0.1) is 12.5 Å². The summed E-state index contributed by atoms with van der Waals surface area (Å²) in [6, 6.07) is 0. The Morgan fingerprint density at radius 1 is 2.00 bits per heavy atom. The second kappa shape index (κ2) is 21.1. The minimum absolute atomic E-state index is 0. The molecule has 0 aromatic rings. The van der Waals surface area contributed by atoms with Crippen molar-refractivity contribution >= 4 is 10.1 Å². The van der Waals surface area contributed by atoms with Crippen LogP contribution in [0.15, 0.2) is 0 Å². The van der Waals surface area contributed by atoms with Gasteiger partial charge in [0.2, 0.25) is 0 Å². The van der Waals surface area contributed by atoms with Gasteiger partial charge in [-0.3, -0.25) is 0 Å². The largest absolute Gasteiger partial charge is 0.461 e. The number of hydrogen-bond donors (Lipinski definition) is 1. The van der Waals surface area contributed by atoms with Crippen molar-refractivity contribution in [3.05, 3.63) is 6.42 Å². The Labute approximate surface area is 30.3 Å². The van der Waals surface area contributed by atoms with Gasteiger partial charge in [-0.1, -0.05) is 0 Å². The van der Waals surface area contributed by atoms with Gasteiger partial charge >= 0.3 is 0 Å². The first-order valence-electron chi connectivity index (χ1n) is 0.474. The van der Waals surface area contributed by atoms with Crippen molar-refractivity contribution in [3.8, 4) is 6.11 Å². The molecule has 0 aromatic carbocycles. The molecule has 0 fully saturated rings. The molecule has 1 nitrogen and oxygen atoms in total. The maximum Gasteiger partial charge on any atom is 0.122 e. The fraction of sp³-hybridized carbons (Fsp3) is 0. The van der Waals surface area contributed by atoms with Crippen LogP contribution < -0.4 is 0 Å². The molecule has 19 valence electrons. The van der Waals surface area contributed by atoms with Gasteiger partial charge in [-0.25, -0.2) is 0 Å². The van der Waals surface area contributed by atoms with Crippen molar-refractivity contribution in [2.45, 2.75) is 0 Å². The Morgan fingerprint density at radius 2 is 2.00 bits per heavy atom. The summed E-state index contributed by atoms with van der Waals surface area (Å²) < 4.78 is 0. The van der Waals surface area contributed by atoms with Gasteiger partial charge in [0.05, 0.1) is 0 Å². The quantitative estimate of drug-likeness (QED) is 0.298. The zero-order valence-corrected chi connectivity index (χ0v) is 2.15. The standard InChI is InChI=1S/C2HO.Be.H2/c1-2-3;;/h3H;;1H. The third-order valence-corrected chi connectivity index (χ3v) is 0. The molecule has 3 radical (unpaired) electrons. The van der Waals surface area contributed by atoms with Crippen LogP contribution in [0.4, 0.5) is 0 Å². The Hall–Kier alpha value is -0.471. The SMILES string of the molecule is [Be].[C]#CO.[HH]. The molecule has 0 unspecified atom stereocenters. The van der Waals surface area contributed by atoms with Crippen molar-refractivity contribution in [3.63, 3.8) is 0 Å². The number of hydrogen-bond acceptors (Lipinski definition) is 1. The molecule has 0 amide bonds. The topological polar surface area (TPSA) is 20.2 Å². The molecule has 0 aliphatic carbocycles. The van der Waals surface area contributed by atoms with E-state index >= 15 is 0 Å². The van der Waals surface area contributed by atoms with Gasteiger partial charge in [0, 0.05) is 18.0 Å². The van der Waals surface area contributed by atoms with Crippen LogP contribution in [0.3, 0.4) is 0 Å². The van der Waals surface area contributed by atoms with Crippen molar-refractivity contribution in [2.75, 3.05) is 0 Å². The van der Waals surface area contributed by atoms with Gasteiger partial charge in [-0.2, -0.15) is 0 Å². The molecule has 1 N–H and O–H groups in total. The van der Waals surface area contributed by atoms with E-state index in [4.69, 9.17) is 11.5 Å². The third-order valence-electron chi connectivity index (χ3n) is 0. The minimum atomic E-state index is 0. The van der Waals surface area contributed by atoms with Crippen molar-refractivity contribution in [2.24, 2.45) is 0 Å². The zero-order chi connectivity index (χ0) is 2.71. The Kier molecular flexibility index (Phi) is 51.0. The summed E-state index contributed by atoms with van der Waals surface area (Å²) >= 11 is 0. The first kappa shape index (κ1) is 9.65. The second-order valence-corrected chi connectivity index (χ2v) is 0.112. The van der Waals surface area contributed by atoms with E-state index in [2.05, 4.69) is 0 Å². The first-order chi connectivity index (χ1) is 1.41. The summed E-state index contributed by atoms with van der Waals surface area (Å²) in [4.78, 5) is 0. The molecule has 4 heavy (non-hydrogen) atoms. The predicted octanol–water partition coefficient (Wildman–Crippen LogP) is -0.229. The Balaban J connectivity index is -0.0000000200. The van der Waals surface area contributed by atoms with E-state index in [1.54, 1.807) is 0 Å². The molecule has 0 aromatic heterocycles. The molecule has 0 rings (SSSR count). The summed E-state index contributed by atoms with van der Waals surface area (Å²) in [5.41, 5.74) is 0. The maximum atomic E-state index is 6.99. The minimum Gasteiger partial charge on any atom is -0.461 e. The Morgan fingerprint density at radius 3 is 2.00 bits per heavy atom. The van der Waals surface area contributed by atoms with Gasteiger partial charge in [-0.05, 0) is 0 Å². The van der Waals surface area contributed by atoms with Gasteiger partial charge in [0.15, 0.2) is 0 Å². The molecule has 0 heterocycles. The van der Waals surface area contributed by atoms with Crippen LogP contribution in [-0.4, -0.2) is 15.2 Å². The molecule has 2 heteroatoms. The predicted molar refractivity (Wildman–Crippen MR) is 16.9 cm³/mol. The molecule has 0 aliphatic heterocycles. The van der Waals surface area contributed by atoms with E-state index in [0.29, 0.717) is 0 Å². The van der Waals surface area contributed by atoms with Gasteiger partial charge in [-0.15, -0.1) is 0 Å². The number of rotatable bonds is 0. The van der Waals surface area contributed by atoms with Gasteiger partial charge in [0.1, 0.15) is 6.11 Å². The van der Waals surface area contributed by atoms with E-state index in [1.165, 1.54) is 0 Å². The first-order valence-corrected chi connectivity index (χ1v) is 0.474. The van der Waals surface area contributed by atoms with Crippen LogP contribution in [0.2, 0.25) is 0 Å². The van der Waals surface area contributed by atoms with E-state index < -0.39 is 0 Å². The van der Waals surface area contributed by atoms with E-state index in [9.17, 15) is 0 Å². The van der Waals surface area contributed by atoms with E-state index in [1.807, 2.05) is 0 Å². The van der Waals surface area contributed by atoms with Gasteiger partial charge in [0.25, 0.3) is 0 Å². The summed E-state index contributed by atoms with van der Waals surface area (Å²) in [5.74, 6) is 0. The smallest absolute Gasteiger partial charge is 0.122 e. The summed E-state index contributed by atoms with van der Waals surface area (Å²) in [5, 5.41) is 6.99. The molecular weight excluding hydrogens is 49.0 g/mol. The maximum absolute atomic E-state index is 6.99. The summed E-state index contributed by atoms with van der Waals surface area (Å²) in [6.07, 6.45) is 6.51. The fourth-order valence-corrected chi connectivity index (χ4v) is 0. The molecular formula is C2H3BeO. The monoisotopic (exact) mass is 52.0 g/mol. The average molecular weight is 52.1 g/mol. The fourth-order valence-electron chi connectivity index (χ4n) is 0. The van der Waals surface area contributed by atoms with Gasteiger partial charge < -0.3 is 5.11 Å². The van der Waals surface area contributed by atoms with Crippen molar-refractivity contribution in [1.82, 2.24) is 0 Å². The third kappa shape index (κ3) is 1.93. The van der Waals surface area contributed by atoms with Crippen LogP contribution >= 0.6 is 0 Å². The second-order valence-electron chi connectivity index (χ2n) is 0.112. The van der Waals surface area contributed by atoms with E-state index in [0.717, 1.165) is 6.11 Å². The summed E-state index contributed by atoms with van der Waals surface area (Å²) in [6.45, 7) is 0. The Bertz CT molecular complexity index is 31.1. The van der Waals surface area contributed by atoms with Crippen LogP contribution in [-0.2, 0) is 0 Å². The van der Waals surface area contributed by atoms with Crippen LogP contribution in [0.25, 0.3) is 0 Å². The van der Waals surface area contributed by atoms with E-state index in [-0.39, 0.29) is 11.5 Å². The van der Waals surface area contributed by atoms with Crippen LogP contribution in [0.1, 0.15) is 1.43 Å². The molecule has 0 atom stereocenters. The van der Waals surface area contributed by atoms with Crippen LogP contribution in [0.5, 0.6) is 0 Å². The van der Waals surface area contributed by atoms with Crippen molar-refractivity contribution in [1.29, 1.82) is 0 Å². The average Bonchev–Trinajstić information content (AvgIpc) is 0.918. The molecule has 0 aliphatic rings. The summed E-state index contributed by atoms with van der Waals surface area (Å²) in [7, 11) is 0. The molecule has 0 saturated heterocycles. The zero-order valence-electron chi connectivity index (χ0n) is 2.15. The normalized spacial score (nSPS) is 1.75. The number of aliphatic hydroxyl groups excluding tert-OH is 1.